The van der Waals surface area contributed by atoms with Crippen LogP contribution in [0.5, 0.6) is 0 Å². The second kappa shape index (κ2) is 10.3. The minimum Gasteiger partial charge on any atom is -0.465 e. The molecule has 1 aromatic rings. The highest BCUT2D eigenvalue weighted by Gasteiger charge is 2.17. The van der Waals surface area contributed by atoms with Gasteiger partial charge in [0.2, 0.25) is 0 Å². The number of carbonyl (C=O) groups excluding carboxylic acids is 1. The van der Waals surface area contributed by atoms with Crippen molar-refractivity contribution in [1.82, 2.24) is 0 Å². The van der Waals surface area contributed by atoms with Crippen LogP contribution in [0.1, 0.15) is 68.3 Å². The number of methoxy groups -OCH3 is 1. The maximum Gasteiger partial charge on any atom is 0.337 e. The average molecular weight is 305 g/mol. The van der Waals surface area contributed by atoms with Gasteiger partial charge in [0, 0.05) is 19.3 Å². The number of esters is 1. The van der Waals surface area contributed by atoms with Crippen molar-refractivity contribution in [2.45, 2.75) is 58.8 Å². The van der Waals surface area contributed by atoms with E-state index in [1.807, 2.05) is 25.2 Å². The SMILES string of the molecule is CCCCCCCC.COC(=O)c1ccc2c(c1)N(C)CC2. The van der Waals surface area contributed by atoms with Crippen LogP contribution in [-0.4, -0.2) is 26.7 Å². The summed E-state index contributed by atoms with van der Waals surface area (Å²) in [5.74, 6) is -0.270. The van der Waals surface area contributed by atoms with E-state index in [0.29, 0.717) is 5.56 Å². The number of hydrogen-bond acceptors (Lipinski definition) is 3. The monoisotopic (exact) mass is 305 g/mol. The summed E-state index contributed by atoms with van der Waals surface area (Å²) in [4.78, 5) is 13.4. The first kappa shape index (κ1) is 18.5. The minimum atomic E-state index is -0.270. The lowest BCUT2D eigenvalue weighted by Gasteiger charge is -2.12. The number of anilines is 1. The molecule has 0 aliphatic carbocycles. The van der Waals surface area contributed by atoms with Crippen LogP contribution < -0.4 is 4.90 Å². The van der Waals surface area contributed by atoms with Gasteiger partial charge in [-0.3, -0.25) is 0 Å². The molecular weight excluding hydrogens is 274 g/mol. The van der Waals surface area contributed by atoms with Crippen LogP contribution in [0.2, 0.25) is 0 Å². The zero-order chi connectivity index (χ0) is 16.4. The van der Waals surface area contributed by atoms with Crippen LogP contribution in [-0.2, 0) is 11.2 Å². The summed E-state index contributed by atoms with van der Waals surface area (Å²) < 4.78 is 4.67. The van der Waals surface area contributed by atoms with Crippen molar-refractivity contribution in [3.63, 3.8) is 0 Å². The largest absolute Gasteiger partial charge is 0.465 e. The lowest BCUT2D eigenvalue weighted by molar-refractivity contribution is 0.0601. The van der Waals surface area contributed by atoms with Crippen LogP contribution in [0.4, 0.5) is 5.69 Å². The Bertz CT molecular complexity index is 451. The third-order valence-electron chi connectivity index (χ3n) is 4.09. The number of nitrogens with zero attached hydrogens (tertiary/aromatic N) is 1. The zero-order valence-corrected chi connectivity index (χ0v) is 14.7. The summed E-state index contributed by atoms with van der Waals surface area (Å²) in [6.07, 6.45) is 9.55. The summed E-state index contributed by atoms with van der Waals surface area (Å²) in [6, 6.07) is 5.73. The molecule has 0 spiro atoms. The Kier molecular flexibility index (Phi) is 8.64. The fraction of sp³-hybridized carbons (Fsp3) is 0.632. The molecule has 1 heterocycles. The first-order valence-corrected chi connectivity index (χ1v) is 8.56. The summed E-state index contributed by atoms with van der Waals surface area (Å²) in [5.41, 5.74) is 3.08. The van der Waals surface area contributed by atoms with Crippen LogP contribution >= 0.6 is 0 Å². The summed E-state index contributed by atoms with van der Waals surface area (Å²) >= 11 is 0. The molecule has 0 saturated heterocycles. The van der Waals surface area contributed by atoms with Gasteiger partial charge in [0.05, 0.1) is 12.7 Å². The maximum atomic E-state index is 11.3. The predicted molar refractivity (Wildman–Crippen MR) is 93.8 cm³/mol. The van der Waals surface area contributed by atoms with Gasteiger partial charge in [-0.05, 0) is 24.1 Å². The topological polar surface area (TPSA) is 29.5 Å². The molecule has 124 valence electrons. The number of ether oxygens (including phenoxy) is 1. The second-order valence-corrected chi connectivity index (χ2v) is 5.92. The molecule has 1 aliphatic rings. The van der Waals surface area contributed by atoms with Crippen LogP contribution in [0, 0.1) is 0 Å². The Morgan fingerprint density at radius 1 is 1.14 bits per heavy atom. The molecule has 3 nitrogen and oxygen atoms in total. The molecule has 0 N–H and O–H groups in total. The molecule has 0 radical (unpaired) electrons. The number of fused-ring (bicyclic) bond motifs is 1. The standard InChI is InChI=1S/C11H13NO2.C8H18/c1-12-6-5-8-3-4-9(7-10(8)12)11(13)14-2;1-3-5-7-8-6-4-2/h3-4,7H,5-6H2,1-2H3;3-8H2,1-2H3. The van der Waals surface area contributed by atoms with Crippen molar-refractivity contribution in [1.29, 1.82) is 0 Å². The van der Waals surface area contributed by atoms with E-state index < -0.39 is 0 Å². The van der Waals surface area contributed by atoms with Crippen molar-refractivity contribution in [2.24, 2.45) is 0 Å². The molecule has 22 heavy (non-hydrogen) atoms. The van der Waals surface area contributed by atoms with Gasteiger partial charge < -0.3 is 9.64 Å². The summed E-state index contributed by atoms with van der Waals surface area (Å²) in [5, 5.41) is 0. The van der Waals surface area contributed by atoms with E-state index in [2.05, 4.69) is 23.5 Å². The van der Waals surface area contributed by atoms with E-state index in [1.54, 1.807) is 0 Å². The molecule has 2 rings (SSSR count). The predicted octanol–water partition coefficient (Wildman–Crippen LogP) is 4.83. The van der Waals surface area contributed by atoms with Crippen molar-refractivity contribution >= 4 is 11.7 Å². The van der Waals surface area contributed by atoms with E-state index in [9.17, 15) is 4.79 Å². The number of rotatable bonds is 6. The van der Waals surface area contributed by atoms with Crippen molar-refractivity contribution in [3.8, 4) is 0 Å². The summed E-state index contributed by atoms with van der Waals surface area (Å²) in [6.45, 7) is 5.54. The Balaban J connectivity index is 0.000000261. The van der Waals surface area contributed by atoms with E-state index in [4.69, 9.17) is 0 Å². The Hall–Kier alpha value is -1.51. The van der Waals surface area contributed by atoms with Gasteiger partial charge in [0.1, 0.15) is 0 Å². The van der Waals surface area contributed by atoms with Gasteiger partial charge in [-0.25, -0.2) is 4.79 Å². The van der Waals surface area contributed by atoms with Crippen LogP contribution in [0.3, 0.4) is 0 Å². The molecule has 1 aliphatic heterocycles. The number of hydrogen-bond donors (Lipinski definition) is 0. The smallest absolute Gasteiger partial charge is 0.337 e. The van der Waals surface area contributed by atoms with Gasteiger partial charge in [-0.2, -0.15) is 0 Å². The molecule has 3 heteroatoms. The van der Waals surface area contributed by atoms with Gasteiger partial charge in [-0.1, -0.05) is 58.4 Å². The van der Waals surface area contributed by atoms with E-state index >= 15 is 0 Å². The molecular formula is C19H31NO2. The number of likely N-dealkylation sites (N-methyl/N-ethyl adjacent to an activating group) is 1. The third-order valence-corrected chi connectivity index (χ3v) is 4.09. The van der Waals surface area contributed by atoms with Crippen LogP contribution in [0.25, 0.3) is 0 Å². The summed E-state index contributed by atoms with van der Waals surface area (Å²) in [7, 11) is 3.44. The quantitative estimate of drug-likeness (QED) is 0.557. The van der Waals surface area contributed by atoms with Crippen molar-refractivity contribution in [2.75, 3.05) is 25.6 Å². The average Bonchev–Trinajstić information content (AvgIpc) is 2.92. The lowest BCUT2D eigenvalue weighted by atomic mass is 10.1. The Morgan fingerprint density at radius 3 is 2.32 bits per heavy atom. The fourth-order valence-corrected chi connectivity index (χ4v) is 2.64. The van der Waals surface area contributed by atoms with Crippen molar-refractivity contribution in [3.05, 3.63) is 29.3 Å². The molecule has 0 atom stereocenters. The highest BCUT2D eigenvalue weighted by Crippen LogP contribution is 2.27. The molecule has 1 aromatic carbocycles. The maximum absolute atomic E-state index is 11.3. The third kappa shape index (κ3) is 5.70. The normalized spacial score (nSPS) is 12.5. The number of carbonyl (C=O) groups is 1. The lowest BCUT2D eigenvalue weighted by Crippen LogP contribution is -2.13. The van der Waals surface area contributed by atoms with Crippen molar-refractivity contribution < 1.29 is 9.53 Å². The van der Waals surface area contributed by atoms with Gasteiger partial charge in [-0.15, -0.1) is 0 Å². The van der Waals surface area contributed by atoms with Gasteiger partial charge in [0.25, 0.3) is 0 Å². The molecule has 0 unspecified atom stereocenters. The first-order chi connectivity index (χ1) is 10.6. The highest BCUT2D eigenvalue weighted by molar-refractivity contribution is 5.91. The van der Waals surface area contributed by atoms with Crippen LogP contribution in [0.15, 0.2) is 18.2 Å². The molecule has 0 saturated carbocycles. The second-order valence-electron chi connectivity index (χ2n) is 5.92. The fourth-order valence-electron chi connectivity index (χ4n) is 2.64. The first-order valence-electron chi connectivity index (χ1n) is 8.56. The Morgan fingerprint density at radius 2 is 1.77 bits per heavy atom. The molecule has 0 bridgehead atoms. The van der Waals surface area contributed by atoms with E-state index in [0.717, 1.165) is 18.7 Å². The highest BCUT2D eigenvalue weighted by atomic mass is 16.5. The molecule has 0 amide bonds. The zero-order valence-electron chi connectivity index (χ0n) is 14.7. The van der Waals surface area contributed by atoms with E-state index in [-0.39, 0.29) is 5.97 Å². The Labute approximate surface area is 135 Å². The number of unbranched alkanes of at least 4 members (excludes halogenated alkanes) is 5. The minimum absolute atomic E-state index is 0.270. The molecule has 0 aromatic heterocycles. The van der Waals surface area contributed by atoms with Gasteiger partial charge in [0.15, 0.2) is 0 Å². The number of benzene rings is 1. The van der Waals surface area contributed by atoms with Gasteiger partial charge >= 0.3 is 5.97 Å². The molecule has 0 fully saturated rings. The van der Waals surface area contributed by atoms with E-state index in [1.165, 1.54) is 51.2 Å².